The summed E-state index contributed by atoms with van der Waals surface area (Å²) in [6, 6.07) is 3.38. The van der Waals surface area contributed by atoms with Crippen molar-refractivity contribution in [2.45, 2.75) is 24.2 Å². The number of nitrogens with zero attached hydrogens (tertiary/aromatic N) is 1. The molecule has 1 aliphatic heterocycles. The van der Waals surface area contributed by atoms with Gasteiger partial charge in [-0.3, -0.25) is 0 Å². The number of benzene rings is 1. The molecule has 0 amide bonds. The van der Waals surface area contributed by atoms with Crippen molar-refractivity contribution in [3.8, 4) is 5.75 Å². The molecule has 1 atom stereocenters. The van der Waals surface area contributed by atoms with E-state index in [9.17, 15) is 21.6 Å². The van der Waals surface area contributed by atoms with Crippen LogP contribution in [0.15, 0.2) is 27.6 Å². The van der Waals surface area contributed by atoms with Gasteiger partial charge in [-0.05, 0) is 25.1 Å². The highest BCUT2D eigenvalue weighted by molar-refractivity contribution is 9.10. The number of hydrogen-bond acceptors (Lipinski definition) is 4. The molecule has 1 aromatic carbocycles. The summed E-state index contributed by atoms with van der Waals surface area (Å²) >= 11 is 3.01. The van der Waals surface area contributed by atoms with E-state index >= 15 is 0 Å². The first-order valence-corrected chi connectivity index (χ1v) is 8.62. The van der Waals surface area contributed by atoms with Gasteiger partial charge in [0.15, 0.2) is 5.75 Å². The van der Waals surface area contributed by atoms with Gasteiger partial charge in [0.2, 0.25) is 10.0 Å². The van der Waals surface area contributed by atoms with Crippen molar-refractivity contribution in [1.82, 2.24) is 9.62 Å². The van der Waals surface area contributed by atoms with Crippen LogP contribution in [0.4, 0.5) is 13.2 Å². The molecule has 0 aromatic heterocycles. The van der Waals surface area contributed by atoms with Crippen LogP contribution < -0.4 is 10.1 Å². The summed E-state index contributed by atoms with van der Waals surface area (Å²) in [5.41, 5.74) is 0. The van der Waals surface area contributed by atoms with Crippen LogP contribution in [0.25, 0.3) is 0 Å². The highest BCUT2D eigenvalue weighted by Crippen LogP contribution is 2.34. The normalized spacial score (nSPS) is 20.9. The van der Waals surface area contributed by atoms with E-state index in [2.05, 4.69) is 26.0 Å². The van der Waals surface area contributed by atoms with Crippen LogP contribution in [0.3, 0.4) is 0 Å². The Morgan fingerprint density at radius 1 is 1.41 bits per heavy atom. The van der Waals surface area contributed by atoms with Gasteiger partial charge in [0.05, 0.1) is 0 Å². The van der Waals surface area contributed by atoms with Gasteiger partial charge in [-0.1, -0.05) is 15.9 Å². The average molecular weight is 403 g/mol. The Balaban J connectivity index is 2.42. The fourth-order valence-electron chi connectivity index (χ4n) is 2.15. The minimum Gasteiger partial charge on any atom is -0.404 e. The summed E-state index contributed by atoms with van der Waals surface area (Å²) in [5, 5.41) is 3.07. The predicted octanol–water partition coefficient (Wildman–Crippen LogP) is 2.33. The quantitative estimate of drug-likeness (QED) is 0.842. The lowest BCUT2D eigenvalue weighted by molar-refractivity contribution is -0.275. The summed E-state index contributed by atoms with van der Waals surface area (Å²) in [7, 11) is -4.07. The molecular formula is C12H14BrF3N2O3S. The molecule has 2 rings (SSSR count). The zero-order valence-electron chi connectivity index (χ0n) is 11.5. The number of nitrogens with one attached hydrogen (secondary N) is 1. The van der Waals surface area contributed by atoms with Gasteiger partial charge in [0.1, 0.15) is 4.90 Å². The van der Waals surface area contributed by atoms with Crippen LogP contribution in [-0.4, -0.2) is 44.8 Å². The van der Waals surface area contributed by atoms with Crippen LogP contribution in [0.1, 0.15) is 6.92 Å². The third kappa shape index (κ3) is 4.12. The van der Waals surface area contributed by atoms with E-state index in [0.29, 0.717) is 11.0 Å². The van der Waals surface area contributed by atoms with E-state index in [0.717, 1.165) is 16.4 Å². The molecule has 1 aliphatic rings. The van der Waals surface area contributed by atoms with Gasteiger partial charge in [0.25, 0.3) is 0 Å². The molecule has 10 heteroatoms. The Kier molecular flexibility index (Phi) is 5.05. The fraction of sp³-hybridized carbons (Fsp3) is 0.500. The Labute approximate surface area is 134 Å². The van der Waals surface area contributed by atoms with Crippen molar-refractivity contribution in [3.05, 3.63) is 22.7 Å². The molecule has 0 radical (unpaired) electrons. The van der Waals surface area contributed by atoms with Crippen LogP contribution in [0, 0.1) is 0 Å². The van der Waals surface area contributed by atoms with Crippen LogP contribution in [0.5, 0.6) is 5.75 Å². The van der Waals surface area contributed by atoms with Crippen molar-refractivity contribution in [2.24, 2.45) is 0 Å². The monoisotopic (exact) mass is 402 g/mol. The van der Waals surface area contributed by atoms with Gasteiger partial charge in [0, 0.05) is 30.1 Å². The van der Waals surface area contributed by atoms with Gasteiger partial charge >= 0.3 is 6.36 Å². The van der Waals surface area contributed by atoms with Crippen LogP contribution >= 0.6 is 15.9 Å². The predicted molar refractivity (Wildman–Crippen MR) is 77.0 cm³/mol. The second-order valence-electron chi connectivity index (χ2n) is 4.86. The highest BCUT2D eigenvalue weighted by Gasteiger charge is 2.36. The molecule has 1 fully saturated rings. The molecular weight excluding hydrogens is 389 g/mol. The Morgan fingerprint density at radius 3 is 2.68 bits per heavy atom. The van der Waals surface area contributed by atoms with Gasteiger partial charge in [-0.2, -0.15) is 4.31 Å². The third-order valence-corrected chi connectivity index (χ3v) is 5.48. The van der Waals surface area contributed by atoms with E-state index in [1.165, 1.54) is 6.07 Å². The molecule has 1 heterocycles. The maximum atomic E-state index is 12.6. The summed E-state index contributed by atoms with van der Waals surface area (Å²) in [6.45, 7) is 2.61. The van der Waals surface area contributed by atoms with Crippen molar-refractivity contribution in [2.75, 3.05) is 19.6 Å². The first-order chi connectivity index (χ1) is 10.1. The maximum Gasteiger partial charge on any atom is 0.573 e. The lowest BCUT2D eigenvalue weighted by Gasteiger charge is -2.31. The molecule has 0 aliphatic carbocycles. The summed E-state index contributed by atoms with van der Waals surface area (Å²) in [5.74, 6) is -0.743. The Bertz CT molecular complexity index is 652. The van der Waals surface area contributed by atoms with Crippen LogP contribution in [0.2, 0.25) is 0 Å². The first-order valence-electron chi connectivity index (χ1n) is 6.38. The number of alkyl halides is 3. The summed E-state index contributed by atoms with van der Waals surface area (Å²) in [6.07, 6.45) is -4.97. The fourth-order valence-corrected chi connectivity index (χ4v) is 4.12. The molecule has 1 aromatic rings. The zero-order chi connectivity index (χ0) is 16.5. The zero-order valence-corrected chi connectivity index (χ0v) is 13.9. The summed E-state index contributed by atoms with van der Waals surface area (Å²) in [4.78, 5) is -0.498. The van der Waals surface area contributed by atoms with Crippen molar-refractivity contribution in [1.29, 1.82) is 0 Å². The SMILES string of the molecule is CC1CN(S(=O)(=O)c2ccc(Br)cc2OC(F)(F)F)CCN1. The molecule has 0 spiro atoms. The van der Waals surface area contributed by atoms with E-state index in [4.69, 9.17) is 0 Å². The molecule has 1 N–H and O–H groups in total. The number of hydrogen-bond donors (Lipinski definition) is 1. The van der Waals surface area contributed by atoms with Gasteiger partial charge in [-0.25, -0.2) is 8.42 Å². The molecule has 22 heavy (non-hydrogen) atoms. The van der Waals surface area contributed by atoms with Crippen molar-refractivity contribution < 1.29 is 26.3 Å². The van der Waals surface area contributed by atoms with Gasteiger partial charge in [-0.15, -0.1) is 13.2 Å². The first kappa shape index (κ1) is 17.5. The number of ether oxygens (including phenoxy) is 1. The van der Waals surface area contributed by atoms with E-state index in [1.807, 2.05) is 0 Å². The Hall–Kier alpha value is -0.840. The smallest absolute Gasteiger partial charge is 0.404 e. The minimum atomic E-state index is -4.97. The van der Waals surface area contributed by atoms with Crippen molar-refractivity contribution in [3.63, 3.8) is 0 Å². The number of sulfonamides is 1. The lowest BCUT2D eigenvalue weighted by Crippen LogP contribution is -2.51. The Morgan fingerprint density at radius 2 is 2.09 bits per heavy atom. The molecule has 0 bridgehead atoms. The number of halogens is 4. The second-order valence-corrected chi connectivity index (χ2v) is 7.68. The van der Waals surface area contributed by atoms with E-state index in [-0.39, 0.29) is 19.1 Å². The molecule has 1 saturated heterocycles. The topological polar surface area (TPSA) is 58.6 Å². The molecule has 5 nitrogen and oxygen atoms in total. The van der Waals surface area contributed by atoms with Gasteiger partial charge < -0.3 is 10.1 Å². The van der Waals surface area contributed by atoms with Crippen molar-refractivity contribution >= 4 is 26.0 Å². The minimum absolute atomic E-state index is 0.0778. The maximum absolute atomic E-state index is 12.6. The lowest BCUT2D eigenvalue weighted by atomic mass is 10.3. The molecule has 1 unspecified atom stereocenters. The number of rotatable bonds is 3. The average Bonchev–Trinajstić information content (AvgIpc) is 2.36. The molecule has 0 saturated carbocycles. The summed E-state index contributed by atoms with van der Waals surface area (Å²) < 4.78 is 68.0. The number of piperazine rings is 1. The van der Waals surface area contributed by atoms with Crippen LogP contribution in [-0.2, 0) is 10.0 Å². The second kappa shape index (κ2) is 6.34. The van der Waals surface area contributed by atoms with E-state index < -0.39 is 27.0 Å². The largest absolute Gasteiger partial charge is 0.573 e. The highest BCUT2D eigenvalue weighted by atomic mass is 79.9. The molecule has 124 valence electrons. The van der Waals surface area contributed by atoms with E-state index in [1.54, 1.807) is 6.92 Å². The third-order valence-electron chi connectivity index (χ3n) is 3.08. The standard InChI is InChI=1S/C12H14BrF3N2O3S/c1-8-7-18(5-4-17-8)22(19,20)11-3-2-9(13)6-10(11)21-12(14,15)16/h2-3,6,8,17H,4-5,7H2,1H3.